The fraction of sp³-hybridized carbons (Fsp3) is 0.478. The van der Waals surface area contributed by atoms with E-state index >= 15 is 0 Å². The quantitative estimate of drug-likeness (QED) is 0.408. The van der Waals surface area contributed by atoms with Crippen LogP contribution in [0.3, 0.4) is 0 Å². The number of hydrogen-bond acceptors (Lipinski definition) is 6. The minimum atomic E-state index is -3.14. The molecule has 0 amide bonds. The summed E-state index contributed by atoms with van der Waals surface area (Å²) in [7, 11) is -3.14. The van der Waals surface area contributed by atoms with Gasteiger partial charge in [0.05, 0.1) is 26.0 Å². The Hall–Kier alpha value is -1.85. The maximum Gasteiger partial charge on any atom is 0.335 e. The van der Waals surface area contributed by atoms with Crippen LogP contribution in [0.25, 0.3) is 0 Å². The molecule has 30 heavy (non-hydrogen) atoms. The second-order valence-electron chi connectivity index (χ2n) is 7.07. The molecule has 7 heteroatoms. The van der Waals surface area contributed by atoms with E-state index in [2.05, 4.69) is 0 Å². The molecule has 1 fully saturated rings. The average molecular weight is 434 g/mol. The lowest BCUT2D eigenvalue weighted by molar-refractivity contribution is -0.106. The van der Waals surface area contributed by atoms with Gasteiger partial charge in [-0.1, -0.05) is 36.4 Å². The van der Waals surface area contributed by atoms with Gasteiger partial charge in [0.1, 0.15) is 6.61 Å². The van der Waals surface area contributed by atoms with Gasteiger partial charge in [0, 0.05) is 6.42 Å². The highest BCUT2D eigenvalue weighted by atomic mass is 31.2. The van der Waals surface area contributed by atoms with E-state index in [4.69, 9.17) is 23.3 Å². The monoisotopic (exact) mass is 434 g/mol. The van der Waals surface area contributed by atoms with Crippen LogP contribution in [-0.2, 0) is 31.1 Å². The zero-order valence-electron chi connectivity index (χ0n) is 17.7. The van der Waals surface area contributed by atoms with Gasteiger partial charge in [0.15, 0.2) is 17.8 Å². The molecule has 1 aliphatic heterocycles. The van der Waals surface area contributed by atoms with Crippen LogP contribution in [-0.4, -0.2) is 26.1 Å². The first-order valence-corrected chi connectivity index (χ1v) is 12.3. The van der Waals surface area contributed by atoms with Crippen LogP contribution in [0.5, 0.6) is 11.5 Å². The van der Waals surface area contributed by atoms with E-state index in [0.717, 1.165) is 37.0 Å². The molecule has 1 saturated heterocycles. The summed E-state index contributed by atoms with van der Waals surface area (Å²) in [5.74, 6) is 1.35. The Balaban J connectivity index is 1.64. The van der Waals surface area contributed by atoms with Crippen molar-refractivity contribution in [3.63, 3.8) is 0 Å². The van der Waals surface area contributed by atoms with Crippen LogP contribution in [0.4, 0.5) is 0 Å². The standard InChI is InChI=1S/C23H31O6P/c1-3-27-30(24,28-4-2)18-20-11-9-10-19(16-20)17-26-21-12-5-6-13-22(21)29-23-14-7-8-15-25-23/h5-6,9-13,16,23H,3-4,7-8,14-15,17-18H2,1-2H3. The molecule has 1 aliphatic rings. The molecule has 0 saturated carbocycles. The lowest BCUT2D eigenvalue weighted by atomic mass is 10.1. The summed E-state index contributed by atoms with van der Waals surface area (Å²) in [4.78, 5) is 0. The van der Waals surface area contributed by atoms with E-state index < -0.39 is 7.60 Å². The highest BCUT2D eigenvalue weighted by molar-refractivity contribution is 7.53. The lowest BCUT2D eigenvalue weighted by Crippen LogP contribution is -2.25. The van der Waals surface area contributed by atoms with Gasteiger partial charge in [-0.25, -0.2) is 0 Å². The van der Waals surface area contributed by atoms with E-state index in [1.807, 2.05) is 62.4 Å². The van der Waals surface area contributed by atoms with E-state index in [1.54, 1.807) is 0 Å². The topological polar surface area (TPSA) is 63.2 Å². The van der Waals surface area contributed by atoms with E-state index in [1.165, 1.54) is 0 Å². The Morgan fingerprint density at radius 1 is 0.967 bits per heavy atom. The van der Waals surface area contributed by atoms with E-state index in [-0.39, 0.29) is 12.5 Å². The van der Waals surface area contributed by atoms with Crippen molar-refractivity contribution in [1.82, 2.24) is 0 Å². The molecule has 6 nitrogen and oxygen atoms in total. The van der Waals surface area contributed by atoms with Crippen LogP contribution in [0, 0.1) is 0 Å². The maximum atomic E-state index is 12.8. The predicted molar refractivity (Wildman–Crippen MR) is 116 cm³/mol. The highest BCUT2D eigenvalue weighted by Gasteiger charge is 2.24. The SMILES string of the molecule is CCOP(=O)(Cc1cccc(COc2ccccc2OC2CCCCO2)c1)OCC. The predicted octanol–water partition coefficient (Wildman–Crippen LogP) is 5.94. The molecule has 0 bridgehead atoms. The first-order valence-electron chi connectivity index (χ1n) is 10.6. The van der Waals surface area contributed by atoms with Gasteiger partial charge in [0.2, 0.25) is 0 Å². The lowest BCUT2D eigenvalue weighted by Gasteiger charge is -2.24. The van der Waals surface area contributed by atoms with E-state index in [9.17, 15) is 4.57 Å². The second-order valence-corrected chi connectivity index (χ2v) is 9.13. The van der Waals surface area contributed by atoms with Crippen molar-refractivity contribution in [2.45, 2.75) is 52.2 Å². The zero-order chi connectivity index (χ0) is 21.2. The number of ether oxygens (including phenoxy) is 3. The van der Waals surface area contributed by atoms with Crippen molar-refractivity contribution >= 4 is 7.60 Å². The van der Waals surface area contributed by atoms with Crippen molar-refractivity contribution in [2.24, 2.45) is 0 Å². The third-order valence-corrected chi connectivity index (χ3v) is 6.71. The molecule has 1 atom stereocenters. The minimum absolute atomic E-state index is 0.224. The summed E-state index contributed by atoms with van der Waals surface area (Å²) < 4.78 is 41.3. The average Bonchev–Trinajstić information content (AvgIpc) is 2.74. The van der Waals surface area contributed by atoms with Crippen LogP contribution >= 0.6 is 7.60 Å². The molecule has 1 heterocycles. The van der Waals surface area contributed by atoms with Gasteiger partial charge in [-0.2, -0.15) is 0 Å². The molecule has 0 N–H and O–H groups in total. The van der Waals surface area contributed by atoms with Gasteiger partial charge in [-0.05, 0) is 49.9 Å². The van der Waals surface area contributed by atoms with Crippen LogP contribution in [0.1, 0.15) is 44.2 Å². The van der Waals surface area contributed by atoms with Gasteiger partial charge in [-0.3, -0.25) is 4.57 Å². The van der Waals surface area contributed by atoms with Gasteiger partial charge >= 0.3 is 7.60 Å². The molecule has 2 aromatic carbocycles. The molecule has 3 rings (SSSR count). The number of benzene rings is 2. The summed E-state index contributed by atoms with van der Waals surface area (Å²) in [5, 5.41) is 0. The summed E-state index contributed by atoms with van der Waals surface area (Å²) in [6.07, 6.45) is 3.08. The van der Waals surface area contributed by atoms with Crippen molar-refractivity contribution in [1.29, 1.82) is 0 Å². The van der Waals surface area contributed by atoms with Crippen LogP contribution in [0.15, 0.2) is 48.5 Å². The molecule has 0 aromatic heterocycles. The molecule has 0 spiro atoms. The largest absolute Gasteiger partial charge is 0.485 e. The second kappa shape index (κ2) is 11.5. The first kappa shape index (κ1) is 22.8. The number of hydrogen-bond donors (Lipinski definition) is 0. The smallest absolute Gasteiger partial charge is 0.335 e. The Morgan fingerprint density at radius 3 is 2.40 bits per heavy atom. The molecule has 2 aromatic rings. The first-order chi connectivity index (χ1) is 14.6. The number of para-hydroxylation sites is 2. The van der Waals surface area contributed by atoms with Crippen molar-refractivity contribution in [2.75, 3.05) is 19.8 Å². The molecule has 1 unspecified atom stereocenters. The zero-order valence-corrected chi connectivity index (χ0v) is 18.6. The third-order valence-electron chi connectivity index (χ3n) is 4.66. The van der Waals surface area contributed by atoms with Crippen LogP contribution < -0.4 is 9.47 Å². The Bertz CT molecular complexity index is 824. The van der Waals surface area contributed by atoms with Gasteiger partial charge < -0.3 is 23.3 Å². The van der Waals surface area contributed by atoms with Crippen LogP contribution in [0.2, 0.25) is 0 Å². The Labute approximate surface area is 179 Å². The maximum absolute atomic E-state index is 12.8. The highest BCUT2D eigenvalue weighted by Crippen LogP contribution is 2.51. The summed E-state index contributed by atoms with van der Waals surface area (Å²) >= 11 is 0. The number of rotatable bonds is 11. The van der Waals surface area contributed by atoms with Gasteiger partial charge in [0.25, 0.3) is 0 Å². The molecule has 0 aliphatic carbocycles. The molecule has 164 valence electrons. The van der Waals surface area contributed by atoms with Crippen molar-refractivity contribution in [3.05, 3.63) is 59.7 Å². The Kier molecular flexibility index (Phi) is 8.76. The van der Waals surface area contributed by atoms with Crippen molar-refractivity contribution < 1.29 is 27.8 Å². The minimum Gasteiger partial charge on any atom is -0.485 e. The fourth-order valence-corrected chi connectivity index (χ4v) is 5.02. The normalized spacial score (nSPS) is 16.9. The summed E-state index contributed by atoms with van der Waals surface area (Å²) in [6.45, 7) is 5.42. The molecule has 0 radical (unpaired) electrons. The molecular weight excluding hydrogens is 403 g/mol. The summed E-state index contributed by atoms with van der Waals surface area (Å²) in [5.41, 5.74) is 1.86. The van der Waals surface area contributed by atoms with Gasteiger partial charge in [-0.15, -0.1) is 0 Å². The summed E-state index contributed by atoms with van der Waals surface area (Å²) in [6, 6.07) is 15.4. The Morgan fingerprint density at radius 2 is 1.70 bits per heavy atom. The van der Waals surface area contributed by atoms with Crippen molar-refractivity contribution in [3.8, 4) is 11.5 Å². The third kappa shape index (κ3) is 6.85. The van der Waals surface area contributed by atoms with E-state index in [0.29, 0.717) is 31.3 Å². The molecular formula is C23H31O6P. The fourth-order valence-electron chi connectivity index (χ4n) is 3.34.